The molecule has 1 saturated heterocycles. The number of β-amino-alcohol motifs (C(OH)–C–C–N with tert-alkyl or cyclic N) is 1. The molecular formula is C8H10BClN2O. The monoisotopic (exact) mass is 196 g/mol. The lowest BCUT2D eigenvalue weighted by molar-refractivity contribution is 0.141. The zero-order valence-electron chi connectivity index (χ0n) is 7.37. The topological polar surface area (TPSA) is 36.4 Å². The molecule has 0 atom stereocenters. The van der Waals surface area contributed by atoms with E-state index in [0.29, 0.717) is 18.1 Å². The fourth-order valence-electron chi connectivity index (χ4n) is 1.39. The highest BCUT2D eigenvalue weighted by molar-refractivity contribution is 6.37. The first-order valence-corrected chi connectivity index (χ1v) is 4.60. The molecule has 2 rings (SSSR count). The highest BCUT2D eigenvalue weighted by Gasteiger charge is 2.26. The van der Waals surface area contributed by atoms with Crippen LogP contribution in [0.4, 0.5) is 5.82 Å². The molecule has 0 bridgehead atoms. The molecule has 0 saturated carbocycles. The number of rotatable bonds is 1. The van der Waals surface area contributed by atoms with Gasteiger partial charge in [-0.05, 0) is 6.07 Å². The fourth-order valence-corrected chi connectivity index (χ4v) is 1.73. The summed E-state index contributed by atoms with van der Waals surface area (Å²) in [5, 5.41) is 9.77. The first kappa shape index (κ1) is 8.85. The highest BCUT2D eigenvalue weighted by Crippen LogP contribution is 2.25. The summed E-state index contributed by atoms with van der Waals surface area (Å²) in [5.74, 6) is 0.776. The number of nitrogens with zero attached hydrogens (tertiary/aromatic N) is 2. The van der Waals surface area contributed by atoms with Gasteiger partial charge in [-0.3, -0.25) is 0 Å². The van der Waals surface area contributed by atoms with Gasteiger partial charge < -0.3 is 10.0 Å². The first-order valence-electron chi connectivity index (χ1n) is 4.22. The minimum Gasteiger partial charge on any atom is -0.389 e. The Morgan fingerprint density at radius 3 is 2.85 bits per heavy atom. The lowest BCUT2D eigenvalue weighted by atomic mass is 9.99. The van der Waals surface area contributed by atoms with Crippen LogP contribution in [-0.4, -0.2) is 37.1 Å². The van der Waals surface area contributed by atoms with Crippen molar-refractivity contribution in [3.63, 3.8) is 0 Å². The van der Waals surface area contributed by atoms with E-state index in [2.05, 4.69) is 4.98 Å². The molecule has 5 heteroatoms. The van der Waals surface area contributed by atoms with Crippen molar-refractivity contribution in [3.05, 3.63) is 17.3 Å². The Labute approximate surface area is 82.7 Å². The number of aliphatic hydroxyl groups is 1. The molecule has 2 heterocycles. The Morgan fingerprint density at radius 1 is 1.62 bits per heavy atom. The maximum atomic E-state index is 9.11. The van der Waals surface area contributed by atoms with E-state index in [1.165, 1.54) is 0 Å². The van der Waals surface area contributed by atoms with Gasteiger partial charge in [0, 0.05) is 19.3 Å². The third-order valence-corrected chi connectivity index (χ3v) is 2.40. The average Bonchev–Trinajstić information content (AvgIpc) is 2.00. The smallest absolute Gasteiger partial charge is 0.147 e. The van der Waals surface area contributed by atoms with Gasteiger partial charge in [0.1, 0.15) is 13.7 Å². The van der Waals surface area contributed by atoms with Gasteiger partial charge in [0.15, 0.2) is 0 Å². The molecule has 1 N–H and O–H groups in total. The van der Waals surface area contributed by atoms with Crippen LogP contribution in [-0.2, 0) is 0 Å². The molecule has 1 aromatic rings. The van der Waals surface area contributed by atoms with E-state index < -0.39 is 0 Å². The summed E-state index contributed by atoms with van der Waals surface area (Å²) in [7, 11) is 1.95. The third kappa shape index (κ3) is 1.64. The van der Waals surface area contributed by atoms with Crippen molar-refractivity contribution >= 4 is 30.7 Å². The predicted octanol–water partition coefficient (Wildman–Crippen LogP) is -0.826. The van der Waals surface area contributed by atoms with Crippen molar-refractivity contribution in [2.24, 2.45) is 0 Å². The molecule has 1 aliphatic rings. The maximum Gasteiger partial charge on any atom is 0.147 e. The molecule has 0 spiro atoms. The van der Waals surface area contributed by atoms with Gasteiger partial charge in [-0.1, -0.05) is 17.1 Å². The third-order valence-electron chi connectivity index (χ3n) is 2.12. The second-order valence-electron chi connectivity index (χ2n) is 3.38. The van der Waals surface area contributed by atoms with Crippen molar-refractivity contribution in [3.8, 4) is 0 Å². The number of aliphatic hydroxyl groups excluding tert-OH is 1. The lowest BCUT2D eigenvalue weighted by Crippen LogP contribution is -2.51. The molecule has 68 valence electrons. The predicted molar refractivity (Wildman–Crippen MR) is 55.6 cm³/mol. The van der Waals surface area contributed by atoms with E-state index in [4.69, 9.17) is 16.7 Å². The summed E-state index contributed by atoms with van der Waals surface area (Å²) in [6, 6.07) is 1.88. The lowest BCUT2D eigenvalue weighted by Gasteiger charge is -2.37. The Morgan fingerprint density at radius 2 is 2.31 bits per heavy atom. The van der Waals surface area contributed by atoms with Crippen LogP contribution in [0, 0.1) is 0 Å². The molecule has 1 aliphatic heterocycles. The molecule has 3 nitrogen and oxygen atoms in total. The van der Waals surface area contributed by atoms with Crippen molar-refractivity contribution in [1.29, 1.82) is 0 Å². The molecular weight excluding hydrogens is 186 g/mol. The van der Waals surface area contributed by atoms with Crippen LogP contribution in [0.3, 0.4) is 0 Å². The molecule has 1 fully saturated rings. The molecule has 0 amide bonds. The number of aromatic nitrogens is 1. The number of hydrogen-bond donors (Lipinski definition) is 1. The van der Waals surface area contributed by atoms with Crippen molar-refractivity contribution < 1.29 is 5.11 Å². The van der Waals surface area contributed by atoms with Crippen LogP contribution in [0.15, 0.2) is 12.3 Å². The van der Waals surface area contributed by atoms with E-state index in [9.17, 15) is 0 Å². The summed E-state index contributed by atoms with van der Waals surface area (Å²) < 4.78 is 0. The number of pyridine rings is 1. The zero-order chi connectivity index (χ0) is 9.42. The number of anilines is 1. The minimum atomic E-state index is -0.223. The van der Waals surface area contributed by atoms with Gasteiger partial charge in [-0.15, -0.1) is 0 Å². The number of hydrogen-bond acceptors (Lipinski definition) is 3. The Bertz CT molecular complexity index is 328. The van der Waals surface area contributed by atoms with Crippen LogP contribution >= 0.6 is 11.6 Å². The van der Waals surface area contributed by atoms with Crippen LogP contribution in [0.1, 0.15) is 0 Å². The van der Waals surface area contributed by atoms with Crippen molar-refractivity contribution in [2.45, 2.75) is 6.10 Å². The molecule has 0 aliphatic carbocycles. The largest absolute Gasteiger partial charge is 0.389 e. The summed E-state index contributed by atoms with van der Waals surface area (Å²) in [6.45, 7) is 1.27. The van der Waals surface area contributed by atoms with Crippen molar-refractivity contribution in [2.75, 3.05) is 18.0 Å². The van der Waals surface area contributed by atoms with E-state index in [0.717, 1.165) is 11.3 Å². The van der Waals surface area contributed by atoms with E-state index in [1.54, 1.807) is 6.20 Å². The van der Waals surface area contributed by atoms with Crippen LogP contribution in [0.25, 0.3) is 0 Å². The first-order chi connectivity index (χ1) is 6.16. The van der Waals surface area contributed by atoms with Gasteiger partial charge in [0.2, 0.25) is 0 Å². The normalized spacial score (nSPS) is 17.2. The van der Waals surface area contributed by atoms with Crippen LogP contribution in [0.2, 0.25) is 5.02 Å². The van der Waals surface area contributed by atoms with Gasteiger partial charge in [0.05, 0.1) is 11.1 Å². The quantitative estimate of drug-likeness (QED) is 0.596. The summed E-state index contributed by atoms with van der Waals surface area (Å²) in [5.41, 5.74) is 1.05. The molecule has 0 unspecified atom stereocenters. The van der Waals surface area contributed by atoms with E-state index in [-0.39, 0.29) is 6.10 Å². The van der Waals surface area contributed by atoms with Crippen molar-refractivity contribution in [1.82, 2.24) is 4.98 Å². The van der Waals surface area contributed by atoms with Gasteiger partial charge >= 0.3 is 0 Å². The zero-order valence-corrected chi connectivity index (χ0v) is 8.12. The fraction of sp³-hybridized carbons (Fsp3) is 0.375. The van der Waals surface area contributed by atoms with Crippen LogP contribution < -0.4 is 10.4 Å². The highest BCUT2D eigenvalue weighted by atomic mass is 35.5. The molecule has 0 radical (unpaired) electrons. The molecule has 0 aromatic carbocycles. The average molecular weight is 196 g/mol. The standard InChI is InChI=1S/C8H10BClN2O/c9-5-1-7(10)8(11-2-5)12-3-6(13)4-12/h1-2,6,13H,3-4,9H2. The summed E-state index contributed by atoms with van der Waals surface area (Å²) in [6.07, 6.45) is 1.56. The Balaban J connectivity index is 2.21. The van der Waals surface area contributed by atoms with E-state index >= 15 is 0 Å². The maximum absolute atomic E-state index is 9.11. The second kappa shape index (κ2) is 3.20. The molecule has 13 heavy (non-hydrogen) atoms. The summed E-state index contributed by atoms with van der Waals surface area (Å²) in [4.78, 5) is 6.18. The Hall–Kier alpha value is -0.735. The van der Waals surface area contributed by atoms with Gasteiger partial charge in [0.25, 0.3) is 0 Å². The second-order valence-corrected chi connectivity index (χ2v) is 3.78. The summed E-state index contributed by atoms with van der Waals surface area (Å²) >= 11 is 6.00. The molecule has 1 aromatic heterocycles. The number of halogens is 1. The van der Waals surface area contributed by atoms with E-state index in [1.807, 2.05) is 18.8 Å². The SMILES string of the molecule is Bc1cnc(N2CC(O)C2)c(Cl)c1. The van der Waals surface area contributed by atoms with Crippen LogP contribution in [0.5, 0.6) is 0 Å². The van der Waals surface area contributed by atoms with Gasteiger partial charge in [-0.2, -0.15) is 0 Å². The van der Waals surface area contributed by atoms with Gasteiger partial charge in [-0.25, -0.2) is 4.98 Å². The Kier molecular flexibility index (Phi) is 2.18. The minimum absolute atomic E-state index is 0.223.